The van der Waals surface area contributed by atoms with Crippen LogP contribution < -0.4 is 0 Å². The molecule has 1 aromatic heterocycles. The number of rotatable bonds is 4. The van der Waals surface area contributed by atoms with Crippen molar-refractivity contribution in [3.63, 3.8) is 0 Å². The van der Waals surface area contributed by atoms with Crippen molar-refractivity contribution in [1.82, 2.24) is 4.98 Å². The Bertz CT molecular complexity index is 410. The minimum absolute atomic E-state index is 0.952. The van der Waals surface area contributed by atoms with Gasteiger partial charge in [0.2, 0.25) is 0 Å². The molecule has 1 heterocycles. The molecule has 2 nitrogen and oxygen atoms in total. The maximum Gasteiger partial charge on any atom is 0.181 e. The van der Waals surface area contributed by atoms with E-state index in [0.717, 1.165) is 17.5 Å². The van der Waals surface area contributed by atoms with Crippen LogP contribution in [0, 0.1) is 0 Å². The summed E-state index contributed by atoms with van der Waals surface area (Å²) in [6.45, 7) is 0. The molecule has 0 spiro atoms. The van der Waals surface area contributed by atoms with Crippen molar-refractivity contribution in [3.8, 4) is 0 Å². The molecule has 1 aromatic carbocycles. The molecule has 0 unspecified atom stereocenters. The van der Waals surface area contributed by atoms with Crippen molar-refractivity contribution >= 4 is 22.9 Å². The summed E-state index contributed by atoms with van der Waals surface area (Å²) < 4.78 is 5.36. The van der Waals surface area contributed by atoms with Crippen LogP contribution in [0.15, 0.2) is 29.0 Å². The summed E-state index contributed by atoms with van der Waals surface area (Å²) in [5, 5.41) is 0. The van der Waals surface area contributed by atoms with E-state index >= 15 is 0 Å². The fraction of sp³-hybridized carbons (Fsp3) is 0.364. The summed E-state index contributed by atoms with van der Waals surface area (Å²) in [7, 11) is 0. The number of fused-ring (bicyclic) bond motifs is 1. The smallest absolute Gasteiger partial charge is 0.181 e. The van der Waals surface area contributed by atoms with E-state index < -0.39 is 0 Å². The van der Waals surface area contributed by atoms with Gasteiger partial charge in [-0.15, -0.1) is 0 Å². The Morgan fingerprint density at radius 3 is 3.21 bits per heavy atom. The number of hydrogen-bond acceptors (Lipinski definition) is 3. The van der Waals surface area contributed by atoms with E-state index in [0.29, 0.717) is 0 Å². The quantitative estimate of drug-likeness (QED) is 0.720. The number of hydrogen-bond donors (Lipinski definition) is 0. The maximum absolute atomic E-state index is 5.36. The highest BCUT2D eigenvalue weighted by atomic mass is 32.2. The number of nitrogens with zero attached hydrogens (tertiary/aromatic N) is 1. The van der Waals surface area contributed by atoms with Gasteiger partial charge in [0.25, 0.3) is 0 Å². The van der Waals surface area contributed by atoms with Gasteiger partial charge >= 0.3 is 0 Å². The molecule has 0 saturated carbocycles. The van der Waals surface area contributed by atoms with Crippen LogP contribution in [0.1, 0.15) is 12.0 Å². The highest BCUT2D eigenvalue weighted by Crippen LogP contribution is 2.19. The summed E-state index contributed by atoms with van der Waals surface area (Å²) in [6, 6.07) is 6.14. The second kappa shape index (κ2) is 4.51. The van der Waals surface area contributed by atoms with Crippen molar-refractivity contribution in [3.05, 3.63) is 30.2 Å². The third-order valence-corrected chi connectivity index (χ3v) is 2.93. The van der Waals surface area contributed by atoms with Gasteiger partial charge in [0, 0.05) is 0 Å². The molecule has 0 N–H and O–H groups in total. The first-order valence-electron chi connectivity index (χ1n) is 4.72. The number of thioether (sulfide) groups is 1. The fourth-order valence-corrected chi connectivity index (χ4v) is 1.98. The van der Waals surface area contributed by atoms with E-state index in [-0.39, 0.29) is 0 Å². The Labute approximate surface area is 87.7 Å². The molecule has 0 saturated heterocycles. The lowest BCUT2D eigenvalue weighted by Crippen LogP contribution is -1.87. The summed E-state index contributed by atoms with van der Waals surface area (Å²) in [6.07, 6.45) is 5.92. The predicted octanol–water partition coefficient (Wildman–Crippen LogP) is 3.12. The van der Waals surface area contributed by atoms with Crippen molar-refractivity contribution in [2.45, 2.75) is 12.8 Å². The molecule has 0 radical (unpaired) electrons. The molecule has 2 rings (SSSR count). The molecular weight excluding hydrogens is 194 g/mol. The average molecular weight is 207 g/mol. The zero-order chi connectivity index (χ0) is 9.80. The van der Waals surface area contributed by atoms with Gasteiger partial charge in [0.05, 0.1) is 0 Å². The van der Waals surface area contributed by atoms with E-state index in [4.69, 9.17) is 4.42 Å². The molecule has 74 valence electrons. The molecule has 0 aliphatic rings. The summed E-state index contributed by atoms with van der Waals surface area (Å²) in [5.74, 6) is 1.20. The molecule has 0 atom stereocenters. The van der Waals surface area contributed by atoms with Crippen LogP contribution in [0.3, 0.4) is 0 Å². The molecule has 2 aromatic rings. The van der Waals surface area contributed by atoms with E-state index in [2.05, 4.69) is 17.3 Å². The fourth-order valence-electron chi connectivity index (χ4n) is 1.55. The molecule has 0 aliphatic carbocycles. The third-order valence-electron chi connectivity index (χ3n) is 2.23. The van der Waals surface area contributed by atoms with Crippen molar-refractivity contribution < 1.29 is 4.42 Å². The highest BCUT2D eigenvalue weighted by Gasteiger charge is 2.03. The van der Waals surface area contributed by atoms with Crippen molar-refractivity contribution in [2.24, 2.45) is 0 Å². The molecule has 0 bridgehead atoms. The Hall–Kier alpha value is -0.960. The second-order valence-corrected chi connectivity index (χ2v) is 4.20. The predicted molar refractivity (Wildman–Crippen MR) is 60.7 cm³/mol. The van der Waals surface area contributed by atoms with Crippen LogP contribution in [-0.4, -0.2) is 17.0 Å². The molecule has 0 aliphatic heterocycles. The maximum atomic E-state index is 5.36. The Balaban J connectivity index is 2.19. The monoisotopic (exact) mass is 207 g/mol. The first-order valence-corrected chi connectivity index (χ1v) is 6.11. The molecule has 3 heteroatoms. The normalized spacial score (nSPS) is 10.9. The van der Waals surface area contributed by atoms with Crippen LogP contribution in [0.5, 0.6) is 0 Å². The van der Waals surface area contributed by atoms with Crippen molar-refractivity contribution in [2.75, 3.05) is 12.0 Å². The molecule has 0 fully saturated rings. The van der Waals surface area contributed by atoms with Gasteiger partial charge in [-0.2, -0.15) is 11.8 Å². The van der Waals surface area contributed by atoms with Gasteiger partial charge in [-0.25, -0.2) is 4.98 Å². The first kappa shape index (κ1) is 9.59. The molecule has 14 heavy (non-hydrogen) atoms. The minimum Gasteiger partial charge on any atom is -0.443 e. The zero-order valence-corrected chi connectivity index (χ0v) is 9.01. The van der Waals surface area contributed by atoms with Crippen LogP contribution in [0.4, 0.5) is 0 Å². The van der Waals surface area contributed by atoms with E-state index in [1.165, 1.54) is 24.1 Å². The highest BCUT2D eigenvalue weighted by molar-refractivity contribution is 7.98. The average Bonchev–Trinajstić information content (AvgIpc) is 2.67. The van der Waals surface area contributed by atoms with E-state index in [1.807, 2.05) is 23.9 Å². The zero-order valence-electron chi connectivity index (χ0n) is 8.19. The second-order valence-electron chi connectivity index (χ2n) is 3.21. The number of para-hydroxylation sites is 1. The summed E-state index contributed by atoms with van der Waals surface area (Å²) in [5.41, 5.74) is 3.19. The molecular formula is C11H13NOS. The topological polar surface area (TPSA) is 26.0 Å². The Morgan fingerprint density at radius 2 is 2.36 bits per heavy atom. The van der Waals surface area contributed by atoms with Gasteiger partial charge in [-0.1, -0.05) is 12.1 Å². The minimum atomic E-state index is 0.952. The van der Waals surface area contributed by atoms with Crippen LogP contribution in [0.2, 0.25) is 0 Å². The van der Waals surface area contributed by atoms with Gasteiger partial charge in [0.1, 0.15) is 5.52 Å². The number of aromatic nitrogens is 1. The Kier molecular flexibility index (Phi) is 3.09. The standard InChI is InChI=1S/C11H13NOS/c1-14-7-3-5-9-4-2-6-10-11(9)13-8-12-10/h2,4,6,8H,3,5,7H2,1H3. The van der Waals surface area contributed by atoms with Crippen LogP contribution in [-0.2, 0) is 6.42 Å². The first-order chi connectivity index (χ1) is 6.92. The lowest BCUT2D eigenvalue weighted by atomic mass is 10.1. The van der Waals surface area contributed by atoms with Gasteiger partial charge < -0.3 is 4.42 Å². The number of aryl methyl sites for hydroxylation is 1. The number of benzene rings is 1. The van der Waals surface area contributed by atoms with Gasteiger partial charge in [-0.05, 0) is 36.5 Å². The van der Waals surface area contributed by atoms with Crippen LogP contribution in [0.25, 0.3) is 11.1 Å². The lowest BCUT2D eigenvalue weighted by molar-refractivity contribution is 0.597. The van der Waals surface area contributed by atoms with Crippen molar-refractivity contribution in [1.29, 1.82) is 0 Å². The largest absolute Gasteiger partial charge is 0.443 e. The lowest BCUT2D eigenvalue weighted by Gasteiger charge is -2.00. The number of oxazole rings is 1. The third kappa shape index (κ3) is 1.93. The van der Waals surface area contributed by atoms with Gasteiger partial charge in [-0.3, -0.25) is 0 Å². The molecule has 0 amide bonds. The SMILES string of the molecule is CSCCCc1cccc2ncoc12. The van der Waals surface area contributed by atoms with Crippen LogP contribution >= 0.6 is 11.8 Å². The summed E-state index contributed by atoms with van der Waals surface area (Å²) in [4.78, 5) is 4.14. The van der Waals surface area contributed by atoms with E-state index in [1.54, 1.807) is 0 Å². The Morgan fingerprint density at radius 1 is 1.43 bits per heavy atom. The summed E-state index contributed by atoms with van der Waals surface area (Å²) >= 11 is 1.88. The van der Waals surface area contributed by atoms with E-state index in [9.17, 15) is 0 Å². The van der Waals surface area contributed by atoms with Gasteiger partial charge in [0.15, 0.2) is 12.0 Å².